The molecule has 0 bridgehead atoms. The number of nitrogens with zero attached hydrogens (tertiary/aromatic N) is 1. The van der Waals surface area contributed by atoms with Crippen LogP contribution in [0.4, 0.5) is 10.2 Å². The number of rotatable bonds is 6. The second kappa shape index (κ2) is 8.85. The van der Waals surface area contributed by atoms with Gasteiger partial charge in [-0.1, -0.05) is 0 Å². The molecule has 0 spiro atoms. The van der Waals surface area contributed by atoms with Crippen LogP contribution in [0.5, 0.6) is 5.75 Å². The third kappa shape index (κ3) is 5.08. The van der Waals surface area contributed by atoms with E-state index >= 15 is 0 Å². The van der Waals surface area contributed by atoms with Crippen LogP contribution in [-0.2, 0) is 14.8 Å². The van der Waals surface area contributed by atoms with E-state index in [1.807, 2.05) is 0 Å². The Hall–Kier alpha value is -2.56. The minimum absolute atomic E-state index is 0.0130. The molecule has 1 aliphatic heterocycles. The first-order chi connectivity index (χ1) is 13.8. The summed E-state index contributed by atoms with van der Waals surface area (Å²) in [5.74, 6) is -0.784. The third-order valence-corrected chi connectivity index (χ3v) is 5.99. The molecule has 8 nitrogen and oxygen atoms in total. The Labute approximate surface area is 168 Å². The number of hydrogen-bond acceptors (Lipinski definition) is 6. The van der Waals surface area contributed by atoms with Gasteiger partial charge in [0.25, 0.3) is 5.91 Å². The molecule has 2 heterocycles. The summed E-state index contributed by atoms with van der Waals surface area (Å²) in [7, 11) is -2.48. The lowest BCUT2D eigenvalue weighted by Crippen LogP contribution is -2.40. The molecular weight excluding hydrogens is 401 g/mol. The summed E-state index contributed by atoms with van der Waals surface area (Å²) in [6.07, 6.45) is 1.45. The zero-order chi connectivity index (χ0) is 21.0. The van der Waals surface area contributed by atoms with Gasteiger partial charge in [0.2, 0.25) is 10.0 Å². The van der Waals surface area contributed by atoms with Gasteiger partial charge in [-0.15, -0.1) is 0 Å². The van der Waals surface area contributed by atoms with Crippen molar-refractivity contribution in [3.8, 4) is 5.75 Å². The minimum Gasteiger partial charge on any atom is -0.496 e. The van der Waals surface area contributed by atoms with Gasteiger partial charge < -0.3 is 14.8 Å². The fourth-order valence-electron chi connectivity index (χ4n) is 2.95. The number of hydrogen-bond donors (Lipinski definition) is 2. The highest BCUT2D eigenvalue weighted by Crippen LogP contribution is 2.24. The maximum Gasteiger partial charge on any atom is 0.260 e. The molecule has 1 aliphatic rings. The maximum absolute atomic E-state index is 13.4. The molecule has 1 atom stereocenters. The zero-order valence-electron chi connectivity index (χ0n) is 16.1. The van der Waals surface area contributed by atoms with Crippen molar-refractivity contribution in [2.75, 3.05) is 25.6 Å². The highest BCUT2D eigenvalue weighted by molar-refractivity contribution is 7.89. The predicted octanol–water partition coefficient (Wildman–Crippen LogP) is 2.25. The fourth-order valence-corrected chi connectivity index (χ4v) is 4.23. The van der Waals surface area contributed by atoms with Crippen molar-refractivity contribution >= 4 is 21.7 Å². The molecular formula is C19H22FN3O5S. The summed E-state index contributed by atoms with van der Waals surface area (Å²) in [5.41, 5.74) is 0.143. The largest absolute Gasteiger partial charge is 0.496 e. The quantitative estimate of drug-likeness (QED) is 0.738. The van der Waals surface area contributed by atoms with Crippen molar-refractivity contribution in [2.45, 2.75) is 30.7 Å². The molecule has 2 aromatic rings. The Morgan fingerprint density at radius 1 is 1.31 bits per heavy atom. The summed E-state index contributed by atoms with van der Waals surface area (Å²) >= 11 is 0. The van der Waals surface area contributed by atoms with Crippen LogP contribution in [-0.4, -0.2) is 45.7 Å². The molecule has 2 N–H and O–H groups in total. The van der Waals surface area contributed by atoms with Gasteiger partial charge in [0.05, 0.1) is 29.9 Å². The van der Waals surface area contributed by atoms with Crippen LogP contribution >= 0.6 is 0 Å². The van der Waals surface area contributed by atoms with Crippen molar-refractivity contribution in [3.63, 3.8) is 0 Å². The van der Waals surface area contributed by atoms with Gasteiger partial charge in [-0.2, -0.15) is 0 Å². The first-order valence-corrected chi connectivity index (χ1v) is 10.5. The highest BCUT2D eigenvalue weighted by Gasteiger charge is 2.24. The minimum atomic E-state index is -3.86. The van der Waals surface area contributed by atoms with Crippen molar-refractivity contribution in [3.05, 3.63) is 47.4 Å². The normalized spacial score (nSPS) is 17.0. The number of methoxy groups -OCH3 is 1. The van der Waals surface area contributed by atoms with E-state index in [-0.39, 0.29) is 33.8 Å². The van der Waals surface area contributed by atoms with E-state index in [0.717, 1.165) is 6.42 Å². The molecule has 1 unspecified atom stereocenters. The lowest BCUT2D eigenvalue weighted by atomic mass is 10.1. The molecule has 0 saturated carbocycles. The zero-order valence-corrected chi connectivity index (χ0v) is 16.9. The van der Waals surface area contributed by atoms with E-state index in [1.54, 1.807) is 0 Å². The van der Waals surface area contributed by atoms with Crippen LogP contribution in [0.3, 0.4) is 0 Å². The van der Waals surface area contributed by atoms with E-state index < -0.39 is 21.7 Å². The van der Waals surface area contributed by atoms with E-state index in [1.165, 1.54) is 44.4 Å². The molecule has 1 fully saturated rings. The summed E-state index contributed by atoms with van der Waals surface area (Å²) in [5, 5.41) is 2.53. The van der Waals surface area contributed by atoms with Crippen LogP contribution in [0.2, 0.25) is 0 Å². The number of ether oxygens (including phenoxy) is 2. The van der Waals surface area contributed by atoms with Gasteiger partial charge in [0.15, 0.2) is 0 Å². The number of pyridine rings is 1. The second-order valence-electron chi connectivity index (χ2n) is 6.62. The van der Waals surface area contributed by atoms with Gasteiger partial charge in [-0.3, -0.25) is 4.79 Å². The number of carbonyl (C=O) groups excluding carboxylic acids is 1. The molecule has 3 rings (SSSR count). The molecule has 1 saturated heterocycles. The van der Waals surface area contributed by atoms with Crippen LogP contribution in [0.25, 0.3) is 0 Å². The van der Waals surface area contributed by atoms with E-state index in [0.29, 0.717) is 19.6 Å². The lowest BCUT2D eigenvalue weighted by molar-refractivity contribution is 0.0774. The maximum atomic E-state index is 13.4. The van der Waals surface area contributed by atoms with Gasteiger partial charge in [-0.05, 0) is 50.1 Å². The van der Waals surface area contributed by atoms with E-state index in [9.17, 15) is 17.6 Å². The summed E-state index contributed by atoms with van der Waals surface area (Å²) in [6, 6.07) is 6.19. The molecule has 0 radical (unpaired) electrons. The Bertz CT molecular complexity index is 1010. The number of carbonyl (C=O) groups is 1. The SMILES string of the molecule is COc1ccc(S(=O)(=O)NC2CCCOC2)cc1C(=O)Nc1ccc(F)c(C)n1. The van der Waals surface area contributed by atoms with E-state index in [2.05, 4.69) is 15.0 Å². The Balaban J connectivity index is 1.85. The van der Waals surface area contributed by atoms with Crippen LogP contribution in [0.1, 0.15) is 28.9 Å². The van der Waals surface area contributed by atoms with Gasteiger partial charge in [0.1, 0.15) is 17.4 Å². The number of amides is 1. The average molecular weight is 423 g/mol. The summed E-state index contributed by atoms with van der Waals surface area (Å²) < 4.78 is 51.9. The third-order valence-electron chi connectivity index (χ3n) is 4.47. The fraction of sp³-hybridized carbons (Fsp3) is 0.368. The van der Waals surface area contributed by atoms with Gasteiger partial charge in [-0.25, -0.2) is 22.5 Å². The molecule has 1 aromatic carbocycles. The first kappa shape index (κ1) is 21.2. The average Bonchev–Trinajstić information content (AvgIpc) is 2.70. The summed E-state index contributed by atoms with van der Waals surface area (Å²) in [6.45, 7) is 2.39. The van der Waals surface area contributed by atoms with Crippen molar-refractivity contribution in [1.82, 2.24) is 9.71 Å². The van der Waals surface area contributed by atoms with Gasteiger partial charge in [0, 0.05) is 12.6 Å². The molecule has 0 aliphatic carbocycles. The molecule has 10 heteroatoms. The predicted molar refractivity (Wildman–Crippen MR) is 104 cm³/mol. The highest BCUT2D eigenvalue weighted by atomic mass is 32.2. The molecule has 29 heavy (non-hydrogen) atoms. The van der Waals surface area contributed by atoms with Crippen LogP contribution in [0, 0.1) is 12.7 Å². The van der Waals surface area contributed by atoms with Gasteiger partial charge >= 0.3 is 0 Å². The molecule has 1 amide bonds. The number of aromatic nitrogens is 1. The number of anilines is 1. The Morgan fingerprint density at radius 2 is 2.10 bits per heavy atom. The number of benzene rings is 1. The van der Waals surface area contributed by atoms with E-state index in [4.69, 9.17) is 9.47 Å². The standard InChI is InChI=1S/C19H22FN3O5S/c1-12-16(20)6-8-18(21-12)22-19(24)15-10-14(5-7-17(15)27-2)29(25,26)23-13-4-3-9-28-11-13/h5-8,10,13,23H,3-4,9,11H2,1-2H3,(H,21,22,24). The van der Waals surface area contributed by atoms with Crippen LogP contribution < -0.4 is 14.8 Å². The smallest absolute Gasteiger partial charge is 0.260 e. The second-order valence-corrected chi connectivity index (χ2v) is 8.33. The number of halogens is 1. The Morgan fingerprint density at radius 3 is 2.76 bits per heavy atom. The summed E-state index contributed by atoms with van der Waals surface area (Å²) in [4.78, 5) is 16.6. The number of sulfonamides is 1. The monoisotopic (exact) mass is 423 g/mol. The van der Waals surface area contributed by atoms with Crippen molar-refractivity contribution in [2.24, 2.45) is 0 Å². The number of aryl methyl sites for hydroxylation is 1. The van der Waals surface area contributed by atoms with Crippen molar-refractivity contribution < 1.29 is 27.1 Å². The van der Waals surface area contributed by atoms with Crippen LogP contribution in [0.15, 0.2) is 35.2 Å². The van der Waals surface area contributed by atoms with Crippen molar-refractivity contribution in [1.29, 1.82) is 0 Å². The number of nitrogens with one attached hydrogen (secondary N) is 2. The lowest BCUT2D eigenvalue weighted by Gasteiger charge is -2.23. The molecule has 156 valence electrons. The molecule has 1 aromatic heterocycles. The topological polar surface area (TPSA) is 107 Å². The first-order valence-electron chi connectivity index (χ1n) is 9.03. The Kier molecular flexibility index (Phi) is 6.46.